The topological polar surface area (TPSA) is 70.2 Å². The standard InChI is InChI=1S/C29H30ClN3O4S2/c1-18-11-19(13-23(30)12-18)16-37-28(36)31(2)25-6-5-21-3-4-22(14-24(21)25)20-7-9-32(10-8-20)26(34)15-33-27(35)17-39-29(33)38/h3-4,7,11-14,25H,5-6,8-10,15-17H2,1-2H3. The van der Waals surface area contributed by atoms with Crippen molar-refractivity contribution in [3.63, 3.8) is 0 Å². The Balaban J connectivity index is 1.22. The van der Waals surface area contributed by atoms with Crippen LogP contribution in [0.1, 0.15) is 46.7 Å². The monoisotopic (exact) mass is 583 g/mol. The summed E-state index contributed by atoms with van der Waals surface area (Å²) in [5.41, 5.74) is 6.55. The van der Waals surface area contributed by atoms with Crippen LogP contribution < -0.4 is 0 Å². The molecule has 2 aliphatic heterocycles. The Morgan fingerprint density at radius 1 is 1.21 bits per heavy atom. The first-order valence-corrected chi connectivity index (χ1v) is 14.7. The van der Waals surface area contributed by atoms with E-state index in [4.69, 9.17) is 28.6 Å². The molecule has 1 saturated heterocycles. The van der Waals surface area contributed by atoms with E-state index in [2.05, 4.69) is 24.3 Å². The highest BCUT2D eigenvalue weighted by molar-refractivity contribution is 8.23. The number of ether oxygens (including phenoxy) is 1. The molecule has 39 heavy (non-hydrogen) atoms. The van der Waals surface area contributed by atoms with Crippen molar-refractivity contribution in [3.8, 4) is 0 Å². The molecule has 2 heterocycles. The van der Waals surface area contributed by atoms with Crippen LogP contribution in [0.5, 0.6) is 0 Å². The SMILES string of the molecule is Cc1cc(Cl)cc(COC(=O)N(C)C2CCc3ccc(C4=CCN(C(=O)CN5C(=O)CSC5=S)CC4)cc32)c1. The highest BCUT2D eigenvalue weighted by Gasteiger charge is 2.32. The van der Waals surface area contributed by atoms with Gasteiger partial charge in [-0.05, 0) is 77.8 Å². The molecule has 3 aliphatic rings. The fourth-order valence-corrected chi connectivity index (χ4v) is 6.76. The normalized spacial score (nSPS) is 18.7. The van der Waals surface area contributed by atoms with Gasteiger partial charge in [-0.15, -0.1) is 0 Å². The minimum Gasteiger partial charge on any atom is -0.445 e. The van der Waals surface area contributed by atoms with Crippen molar-refractivity contribution >= 4 is 63.4 Å². The number of carbonyl (C=O) groups is 3. The molecule has 1 fully saturated rings. The van der Waals surface area contributed by atoms with Crippen LogP contribution in [-0.4, -0.2) is 69.4 Å². The Labute approximate surface area is 243 Å². The zero-order valence-electron chi connectivity index (χ0n) is 21.9. The molecule has 0 radical (unpaired) electrons. The molecular weight excluding hydrogens is 554 g/mol. The number of nitrogens with zero attached hydrogens (tertiary/aromatic N) is 3. The summed E-state index contributed by atoms with van der Waals surface area (Å²) in [6, 6.07) is 12.0. The molecule has 1 atom stereocenters. The van der Waals surface area contributed by atoms with Gasteiger partial charge in [0.25, 0.3) is 0 Å². The van der Waals surface area contributed by atoms with Gasteiger partial charge in [0.15, 0.2) is 0 Å². The second-order valence-corrected chi connectivity index (χ2v) is 12.2. The molecule has 1 aliphatic carbocycles. The third-order valence-electron chi connectivity index (χ3n) is 7.48. The van der Waals surface area contributed by atoms with Crippen LogP contribution in [0.15, 0.2) is 42.5 Å². The van der Waals surface area contributed by atoms with Gasteiger partial charge in [-0.3, -0.25) is 14.5 Å². The van der Waals surface area contributed by atoms with E-state index >= 15 is 0 Å². The summed E-state index contributed by atoms with van der Waals surface area (Å²) in [5.74, 6) is 0.113. The predicted molar refractivity (Wildman–Crippen MR) is 158 cm³/mol. The third-order valence-corrected chi connectivity index (χ3v) is 9.13. The van der Waals surface area contributed by atoms with Crippen molar-refractivity contribution in [1.29, 1.82) is 0 Å². The molecule has 0 aromatic heterocycles. The van der Waals surface area contributed by atoms with Gasteiger partial charge >= 0.3 is 6.09 Å². The summed E-state index contributed by atoms with van der Waals surface area (Å²) in [4.78, 5) is 42.5. The maximum atomic E-state index is 12.9. The molecule has 0 bridgehead atoms. The van der Waals surface area contributed by atoms with E-state index in [0.29, 0.717) is 28.2 Å². The molecule has 10 heteroatoms. The van der Waals surface area contributed by atoms with Gasteiger partial charge in [0.2, 0.25) is 11.8 Å². The number of amides is 3. The first kappa shape index (κ1) is 27.7. The van der Waals surface area contributed by atoms with E-state index < -0.39 is 0 Å². The molecule has 1 unspecified atom stereocenters. The lowest BCUT2D eigenvalue weighted by Gasteiger charge is -2.29. The summed E-state index contributed by atoms with van der Waals surface area (Å²) in [6.45, 7) is 3.21. The minimum atomic E-state index is -0.365. The van der Waals surface area contributed by atoms with E-state index in [1.165, 1.54) is 27.8 Å². The average molecular weight is 584 g/mol. The summed E-state index contributed by atoms with van der Waals surface area (Å²) in [6.07, 6.45) is 4.19. The number of hydrogen-bond acceptors (Lipinski definition) is 6. The number of hydrogen-bond donors (Lipinski definition) is 0. The highest BCUT2D eigenvalue weighted by atomic mass is 35.5. The lowest BCUT2D eigenvalue weighted by molar-refractivity contribution is -0.135. The molecule has 0 saturated carbocycles. The van der Waals surface area contributed by atoms with Crippen LogP contribution in [-0.2, 0) is 27.4 Å². The van der Waals surface area contributed by atoms with Gasteiger partial charge in [-0.25, -0.2) is 4.79 Å². The Hall–Kier alpha value is -2.88. The fourth-order valence-electron chi connectivity index (χ4n) is 5.38. The fraction of sp³-hybridized carbons (Fsp3) is 0.379. The van der Waals surface area contributed by atoms with Gasteiger partial charge in [0.1, 0.15) is 17.5 Å². The Morgan fingerprint density at radius 2 is 2.03 bits per heavy atom. The van der Waals surface area contributed by atoms with Crippen LogP contribution >= 0.6 is 35.6 Å². The van der Waals surface area contributed by atoms with E-state index in [0.717, 1.165) is 41.5 Å². The van der Waals surface area contributed by atoms with E-state index in [1.54, 1.807) is 16.8 Å². The lowest BCUT2D eigenvalue weighted by atomic mass is 9.95. The van der Waals surface area contributed by atoms with Crippen molar-refractivity contribution in [2.75, 3.05) is 32.4 Å². The molecule has 0 spiro atoms. The third kappa shape index (κ3) is 6.15. The zero-order valence-corrected chi connectivity index (χ0v) is 24.3. The highest BCUT2D eigenvalue weighted by Crippen LogP contribution is 2.38. The maximum Gasteiger partial charge on any atom is 0.410 e. The van der Waals surface area contributed by atoms with Crippen LogP contribution in [0.25, 0.3) is 5.57 Å². The molecular formula is C29H30ClN3O4S2. The molecule has 5 rings (SSSR count). The average Bonchev–Trinajstić information content (AvgIpc) is 3.48. The van der Waals surface area contributed by atoms with Crippen LogP contribution in [0, 0.1) is 6.92 Å². The molecule has 3 amide bonds. The van der Waals surface area contributed by atoms with Crippen molar-refractivity contribution in [1.82, 2.24) is 14.7 Å². The van der Waals surface area contributed by atoms with Crippen LogP contribution in [0.2, 0.25) is 5.02 Å². The number of benzene rings is 2. The van der Waals surface area contributed by atoms with Gasteiger partial charge in [-0.2, -0.15) is 0 Å². The summed E-state index contributed by atoms with van der Waals surface area (Å²) in [5, 5.41) is 0.626. The zero-order chi connectivity index (χ0) is 27.7. The maximum absolute atomic E-state index is 12.9. The molecule has 204 valence electrons. The number of fused-ring (bicyclic) bond motifs is 1. The first-order valence-electron chi connectivity index (χ1n) is 12.9. The molecule has 7 nitrogen and oxygen atoms in total. The smallest absolute Gasteiger partial charge is 0.410 e. The van der Waals surface area contributed by atoms with Crippen LogP contribution in [0.4, 0.5) is 4.79 Å². The molecule has 2 aromatic carbocycles. The number of aryl methyl sites for hydroxylation is 2. The van der Waals surface area contributed by atoms with E-state index in [-0.39, 0.29) is 37.1 Å². The number of thioether (sulfide) groups is 1. The van der Waals surface area contributed by atoms with Gasteiger partial charge in [0, 0.05) is 25.2 Å². The lowest BCUT2D eigenvalue weighted by Crippen LogP contribution is -2.43. The van der Waals surface area contributed by atoms with Crippen molar-refractivity contribution < 1.29 is 19.1 Å². The predicted octanol–water partition coefficient (Wildman–Crippen LogP) is 5.38. The van der Waals surface area contributed by atoms with Crippen LogP contribution in [0.3, 0.4) is 0 Å². The van der Waals surface area contributed by atoms with Gasteiger partial charge in [-0.1, -0.05) is 59.9 Å². The molecule has 2 aromatic rings. The van der Waals surface area contributed by atoms with E-state index in [9.17, 15) is 14.4 Å². The van der Waals surface area contributed by atoms with Gasteiger partial charge < -0.3 is 14.5 Å². The number of thiocarbonyl (C=S) groups is 1. The largest absolute Gasteiger partial charge is 0.445 e. The number of rotatable bonds is 6. The summed E-state index contributed by atoms with van der Waals surface area (Å²) < 4.78 is 6.09. The van der Waals surface area contributed by atoms with Crippen molar-refractivity contribution in [3.05, 3.63) is 75.3 Å². The summed E-state index contributed by atoms with van der Waals surface area (Å²) in [7, 11) is 1.79. The number of halogens is 1. The minimum absolute atomic E-state index is 0.00766. The Kier molecular flexibility index (Phi) is 8.30. The Morgan fingerprint density at radius 3 is 2.72 bits per heavy atom. The van der Waals surface area contributed by atoms with E-state index in [1.807, 2.05) is 25.1 Å². The molecule has 0 N–H and O–H groups in total. The first-order chi connectivity index (χ1) is 18.7. The Bertz CT molecular complexity index is 1340. The van der Waals surface area contributed by atoms with Gasteiger partial charge in [0.05, 0.1) is 11.8 Å². The quantitative estimate of drug-likeness (QED) is 0.425. The van der Waals surface area contributed by atoms with Crippen molar-refractivity contribution in [2.24, 2.45) is 0 Å². The second kappa shape index (κ2) is 11.7. The summed E-state index contributed by atoms with van der Waals surface area (Å²) >= 11 is 12.6. The second-order valence-electron chi connectivity index (χ2n) is 10.1. The van der Waals surface area contributed by atoms with Crippen molar-refractivity contribution in [2.45, 2.75) is 38.8 Å². The number of carbonyl (C=O) groups excluding carboxylic acids is 3.